The maximum Gasteiger partial charge on any atom is 0.265 e. The lowest BCUT2D eigenvalue weighted by molar-refractivity contribution is 0.0790. The van der Waals surface area contributed by atoms with E-state index in [-0.39, 0.29) is 5.91 Å². The van der Waals surface area contributed by atoms with Crippen molar-refractivity contribution in [2.45, 2.75) is 6.54 Å². The van der Waals surface area contributed by atoms with Crippen LogP contribution in [-0.2, 0) is 6.54 Å². The number of carbonyl (C=O) groups is 1. The van der Waals surface area contributed by atoms with Gasteiger partial charge in [0.1, 0.15) is 4.88 Å². The molecule has 0 spiro atoms. The molecule has 2 rings (SSSR count). The van der Waals surface area contributed by atoms with E-state index in [1.54, 1.807) is 35.8 Å². The fraction of sp³-hybridized carbons (Fsp3) is 0.200. The molecule has 1 N–H and O–H groups in total. The van der Waals surface area contributed by atoms with E-state index in [1.807, 2.05) is 0 Å². The number of amides is 1. The SMILES string of the molecule is CN(Cc1cn[nH]c1)C(=O)c1sccc1Cl. The molecule has 0 atom stereocenters. The second kappa shape index (κ2) is 4.67. The first kappa shape index (κ1) is 11.2. The number of hydrogen-bond acceptors (Lipinski definition) is 3. The Kier molecular flexibility index (Phi) is 3.26. The summed E-state index contributed by atoms with van der Waals surface area (Å²) in [5, 5.41) is 8.85. The number of nitrogens with zero attached hydrogens (tertiary/aromatic N) is 2. The topological polar surface area (TPSA) is 49.0 Å². The van der Waals surface area contributed by atoms with Gasteiger partial charge in [-0.2, -0.15) is 5.10 Å². The van der Waals surface area contributed by atoms with E-state index in [0.29, 0.717) is 16.4 Å². The number of nitrogens with one attached hydrogen (secondary N) is 1. The van der Waals surface area contributed by atoms with Crippen LogP contribution in [0.5, 0.6) is 0 Å². The molecule has 2 heterocycles. The van der Waals surface area contributed by atoms with E-state index in [4.69, 9.17) is 11.6 Å². The summed E-state index contributed by atoms with van der Waals surface area (Å²) < 4.78 is 0. The lowest BCUT2D eigenvalue weighted by Crippen LogP contribution is -2.25. The minimum absolute atomic E-state index is 0.0683. The number of rotatable bonds is 3. The quantitative estimate of drug-likeness (QED) is 0.916. The van der Waals surface area contributed by atoms with Crippen molar-refractivity contribution < 1.29 is 4.79 Å². The van der Waals surface area contributed by atoms with Crippen LogP contribution in [0.3, 0.4) is 0 Å². The van der Waals surface area contributed by atoms with Gasteiger partial charge in [0.2, 0.25) is 0 Å². The summed E-state index contributed by atoms with van der Waals surface area (Å²) in [6, 6.07) is 1.73. The molecule has 6 heteroatoms. The Morgan fingerprint density at radius 3 is 3.06 bits per heavy atom. The van der Waals surface area contributed by atoms with E-state index < -0.39 is 0 Å². The third kappa shape index (κ3) is 2.25. The van der Waals surface area contributed by atoms with Gasteiger partial charge in [-0.25, -0.2) is 0 Å². The van der Waals surface area contributed by atoms with Crippen molar-refractivity contribution >= 4 is 28.8 Å². The van der Waals surface area contributed by atoms with Gasteiger partial charge in [-0.05, 0) is 11.4 Å². The fourth-order valence-corrected chi connectivity index (χ4v) is 2.46. The molecule has 0 aliphatic rings. The monoisotopic (exact) mass is 255 g/mol. The van der Waals surface area contributed by atoms with Crippen LogP contribution in [0.15, 0.2) is 23.8 Å². The molecule has 0 aliphatic carbocycles. The molecule has 0 radical (unpaired) electrons. The molecule has 0 bridgehead atoms. The molecule has 0 aromatic carbocycles. The smallest absolute Gasteiger partial charge is 0.265 e. The Labute approximate surface area is 102 Å². The Morgan fingerprint density at radius 1 is 1.69 bits per heavy atom. The van der Waals surface area contributed by atoms with Crippen molar-refractivity contribution in [3.05, 3.63) is 39.3 Å². The van der Waals surface area contributed by atoms with Crippen molar-refractivity contribution in [3.63, 3.8) is 0 Å². The number of halogens is 1. The molecule has 2 aromatic rings. The molecule has 0 saturated heterocycles. The minimum Gasteiger partial charge on any atom is -0.337 e. The van der Waals surface area contributed by atoms with Gasteiger partial charge in [0.25, 0.3) is 5.91 Å². The zero-order valence-corrected chi connectivity index (χ0v) is 10.2. The highest BCUT2D eigenvalue weighted by molar-refractivity contribution is 7.12. The lowest BCUT2D eigenvalue weighted by atomic mass is 10.3. The molecule has 2 aromatic heterocycles. The summed E-state index contributed by atoms with van der Waals surface area (Å²) in [4.78, 5) is 14.2. The van der Waals surface area contributed by atoms with E-state index in [1.165, 1.54) is 11.3 Å². The summed E-state index contributed by atoms with van der Waals surface area (Å²) in [7, 11) is 1.74. The second-order valence-electron chi connectivity index (χ2n) is 3.37. The summed E-state index contributed by atoms with van der Waals surface area (Å²) in [6.45, 7) is 0.517. The molecule has 0 unspecified atom stereocenters. The van der Waals surface area contributed by atoms with Crippen molar-refractivity contribution in [1.29, 1.82) is 0 Å². The minimum atomic E-state index is -0.0683. The van der Waals surface area contributed by atoms with Crippen LogP contribution in [0.25, 0.3) is 0 Å². The maximum absolute atomic E-state index is 12.0. The third-order valence-electron chi connectivity index (χ3n) is 2.13. The second-order valence-corrected chi connectivity index (χ2v) is 4.69. The summed E-state index contributed by atoms with van der Waals surface area (Å²) >= 11 is 7.26. The van der Waals surface area contributed by atoms with Crippen LogP contribution in [0.1, 0.15) is 15.2 Å². The van der Waals surface area contributed by atoms with Gasteiger partial charge in [0.15, 0.2) is 0 Å². The number of thiophene rings is 1. The van der Waals surface area contributed by atoms with E-state index in [2.05, 4.69) is 10.2 Å². The Morgan fingerprint density at radius 2 is 2.50 bits per heavy atom. The highest BCUT2D eigenvalue weighted by atomic mass is 35.5. The van der Waals surface area contributed by atoms with Crippen LogP contribution in [0.2, 0.25) is 5.02 Å². The summed E-state index contributed by atoms with van der Waals surface area (Å²) in [5.41, 5.74) is 0.962. The molecular formula is C10H10ClN3OS. The fourth-order valence-electron chi connectivity index (χ4n) is 1.33. The summed E-state index contributed by atoms with van der Waals surface area (Å²) in [6.07, 6.45) is 3.46. The van der Waals surface area contributed by atoms with Crippen molar-refractivity contribution in [2.75, 3.05) is 7.05 Å². The first-order valence-electron chi connectivity index (χ1n) is 4.64. The highest BCUT2D eigenvalue weighted by Gasteiger charge is 2.16. The predicted molar refractivity (Wildman–Crippen MR) is 63.7 cm³/mol. The summed E-state index contributed by atoms with van der Waals surface area (Å²) in [5.74, 6) is -0.0683. The van der Waals surface area contributed by atoms with E-state index in [0.717, 1.165) is 5.56 Å². The van der Waals surface area contributed by atoms with Crippen LogP contribution in [-0.4, -0.2) is 28.1 Å². The highest BCUT2D eigenvalue weighted by Crippen LogP contribution is 2.23. The molecule has 1 amide bonds. The van der Waals surface area contributed by atoms with E-state index >= 15 is 0 Å². The first-order chi connectivity index (χ1) is 7.68. The molecule has 84 valence electrons. The Hall–Kier alpha value is -1.33. The van der Waals surface area contributed by atoms with Crippen LogP contribution in [0.4, 0.5) is 0 Å². The zero-order valence-electron chi connectivity index (χ0n) is 8.61. The average Bonchev–Trinajstić information content (AvgIpc) is 2.88. The number of hydrogen-bond donors (Lipinski definition) is 1. The maximum atomic E-state index is 12.0. The van der Waals surface area contributed by atoms with E-state index in [9.17, 15) is 4.79 Å². The Bertz CT molecular complexity index is 480. The zero-order chi connectivity index (χ0) is 11.5. The van der Waals surface area contributed by atoms with Crippen molar-refractivity contribution in [3.8, 4) is 0 Å². The Balaban J connectivity index is 2.08. The average molecular weight is 256 g/mol. The van der Waals surface area contributed by atoms with Gasteiger partial charge >= 0.3 is 0 Å². The van der Waals surface area contributed by atoms with Gasteiger partial charge in [-0.15, -0.1) is 11.3 Å². The molecule has 16 heavy (non-hydrogen) atoms. The molecule has 0 aliphatic heterocycles. The molecular weight excluding hydrogens is 246 g/mol. The normalized spacial score (nSPS) is 10.4. The van der Waals surface area contributed by atoms with Gasteiger partial charge in [0, 0.05) is 25.4 Å². The lowest BCUT2D eigenvalue weighted by Gasteiger charge is -2.15. The van der Waals surface area contributed by atoms with Gasteiger partial charge < -0.3 is 4.90 Å². The third-order valence-corrected chi connectivity index (χ3v) is 3.46. The molecule has 0 saturated carbocycles. The molecule has 0 fully saturated rings. The first-order valence-corrected chi connectivity index (χ1v) is 5.90. The number of aromatic amines is 1. The predicted octanol–water partition coefficient (Wildman–Crippen LogP) is 2.40. The van der Waals surface area contributed by atoms with Crippen molar-refractivity contribution in [1.82, 2.24) is 15.1 Å². The number of carbonyl (C=O) groups excluding carboxylic acids is 1. The van der Waals surface area contributed by atoms with Gasteiger partial charge in [0.05, 0.1) is 11.2 Å². The van der Waals surface area contributed by atoms with Gasteiger partial charge in [-0.1, -0.05) is 11.6 Å². The molecule has 4 nitrogen and oxygen atoms in total. The van der Waals surface area contributed by atoms with Crippen molar-refractivity contribution in [2.24, 2.45) is 0 Å². The van der Waals surface area contributed by atoms with Crippen LogP contribution >= 0.6 is 22.9 Å². The van der Waals surface area contributed by atoms with Crippen LogP contribution in [0, 0.1) is 0 Å². The number of aromatic nitrogens is 2. The largest absolute Gasteiger partial charge is 0.337 e. The van der Waals surface area contributed by atoms with Crippen LogP contribution < -0.4 is 0 Å². The van der Waals surface area contributed by atoms with Gasteiger partial charge in [-0.3, -0.25) is 9.89 Å². The standard InChI is InChI=1S/C10H10ClN3OS/c1-14(6-7-4-12-13-5-7)10(15)9-8(11)2-3-16-9/h2-5H,6H2,1H3,(H,12,13). The number of H-pyrrole nitrogens is 1.